The monoisotopic (exact) mass is 368 g/mol. The van der Waals surface area contributed by atoms with Crippen LogP contribution in [-0.2, 0) is 9.47 Å². The molecule has 0 atom stereocenters. The molecule has 0 amide bonds. The third-order valence-corrected chi connectivity index (χ3v) is 5.66. The van der Waals surface area contributed by atoms with Crippen LogP contribution in [0.3, 0.4) is 0 Å². The average molecular weight is 369 g/mol. The summed E-state index contributed by atoms with van der Waals surface area (Å²) >= 11 is 0. The summed E-state index contributed by atoms with van der Waals surface area (Å²) in [5.41, 5.74) is 0.818. The maximum absolute atomic E-state index is 6.04. The van der Waals surface area contributed by atoms with E-state index in [1.54, 1.807) is 0 Å². The van der Waals surface area contributed by atoms with Crippen molar-refractivity contribution in [2.75, 3.05) is 52.5 Å². The van der Waals surface area contributed by atoms with Crippen LogP contribution in [0.15, 0.2) is 0 Å². The molecular weight excluding hydrogens is 324 g/mol. The zero-order valence-electron chi connectivity index (χ0n) is 18.4. The highest BCUT2D eigenvalue weighted by atomic mass is 16.5. The third kappa shape index (κ3) is 9.16. The molecule has 2 fully saturated rings. The van der Waals surface area contributed by atoms with E-state index in [0.29, 0.717) is 23.0 Å². The lowest BCUT2D eigenvalue weighted by atomic mass is 9.91. The first-order chi connectivity index (χ1) is 12.1. The maximum atomic E-state index is 6.04. The van der Waals surface area contributed by atoms with Crippen LogP contribution in [0.4, 0.5) is 0 Å². The SMILES string of the molecule is CC(C)(C)CCOC1CC(OCCN2CCN(CCC(C)(C)C)CC2)C1. The van der Waals surface area contributed by atoms with Gasteiger partial charge in [-0.15, -0.1) is 0 Å². The molecule has 154 valence electrons. The highest BCUT2D eigenvalue weighted by Crippen LogP contribution is 2.28. The maximum Gasteiger partial charge on any atom is 0.0625 e. The normalized spacial score (nSPS) is 26.1. The Morgan fingerprint density at radius 2 is 1.12 bits per heavy atom. The molecule has 1 heterocycles. The molecule has 4 heteroatoms. The van der Waals surface area contributed by atoms with Crippen molar-refractivity contribution in [3.8, 4) is 0 Å². The van der Waals surface area contributed by atoms with Crippen LogP contribution in [0.5, 0.6) is 0 Å². The molecule has 0 bridgehead atoms. The standard InChI is InChI=1S/C22H44N2O2/c1-21(2,3)7-9-23-10-12-24(13-11-23)14-16-26-20-17-19(18-20)25-15-8-22(4,5)6/h19-20H,7-18H2,1-6H3. The predicted molar refractivity (Wildman–Crippen MR) is 110 cm³/mol. The van der Waals surface area contributed by atoms with E-state index in [-0.39, 0.29) is 0 Å². The number of hydrogen-bond donors (Lipinski definition) is 0. The van der Waals surface area contributed by atoms with Gasteiger partial charge < -0.3 is 14.4 Å². The molecule has 1 aliphatic carbocycles. The van der Waals surface area contributed by atoms with Gasteiger partial charge in [-0.2, -0.15) is 0 Å². The molecular formula is C22H44N2O2. The van der Waals surface area contributed by atoms with Gasteiger partial charge >= 0.3 is 0 Å². The van der Waals surface area contributed by atoms with Crippen LogP contribution < -0.4 is 0 Å². The Hall–Kier alpha value is -0.160. The van der Waals surface area contributed by atoms with Gasteiger partial charge in [-0.3, -0.25) is 4.90 Å². The molecule has 0 radical (unpaired) electrons. The second kappa shape index (κ2) is 9.86. The Kier molecular flexibility index (Phi) is 8.39. The molecule has 0 unspecified atom stereocenters. The second-order valence-electron chi connectivity index (χ2n) is 10.8. The molecule has 0 aromatic heterocycles. The van der Waals surface area contributed by atoms with Gasteiger partial charge in [-0.1, -0.05) is 41.5 Å². The Morgan fingerprint density at radius 1 is 0.654 bits per heavy atom. The van der Waals surface area contributed by atoms with Crippen LogP contribution in [-0.4, -0.2) is 74.5 Å². The van der Waals surface area contributed by atoms with Crippen LogP contribution in [0.1, 0.15) is 67.2 Å². The molecule has 1 saturated carbocycles. The van der Waals surface area contributed by atoms with Gasteiger partial charge in [0.05, 0.1) is 18.8 Å². The fraction of sp³-hybridized carbons (Fsp3) is 1.00. The van der Waals surface area contributed by atoms with Gasteiger partial charge in [0.25, 0.3) is 0 Å². The molecule has 0 spiro atoms. The van der Waals surface area contributed by atoms with Crippen molar-refractivity contribution in [3.05, 3.63) is 0 Å². The van der Waals surface area contributed by atoms with Crippen molar-refractivity contribution in [3.63, 3.8) is 0 Å². The molecule has 1 saturated heterocycles. The number of hydrogen-bond acceptors (Lipinski definition) is 4. The van der Waals surface area contributed by atoms with Gasteiger partial charge in [-0.05, 0) is 43.1 Å². The van der Waals surface area contributed by atoms with Crippen molar-refractivity contribution >= 4 is 0 Å². The van der Waals surface area contributed by atoms with Gasteiger partial charge in [0.2, 0.25) is 0 Å². The van der Waals surface area contributed by atoms with Gasteiger partial charge in [-0.25, -0.2) is 0 Å². The summed E-state index contributed by atoms with van der Waals surface area (Å²) in [4.78, 5) is 5.18. The van der Waals surface area contributed by atoms with Crippen molar-refractivity contribution in [2.24, 2.45) is 10.8 Å². The largest absolute Gasteiger partial charge is 0.378 e. The fourth-order valence-corrected chi connectivity index (χ4v) is 3.40. The lowest BCUT2D eigenvalue weighted by Gasteiger charge is -2.38. The van der Waals surface area contributed by atoms with E-state index in [2.05, 4.69) is 51.3 Å². The fourth-order valence-electron chi connectivity index (χ4n) is 3.40. The summed E-state index contributed by atoms with van der Waals surface area (Å²) in [6, 6.07) is 0. The second-order valence-corrected chi connectivity index (χ2v) is 10.8. The smallest absolute Gasteiger partial charge is 0.0625 e. The summed E-state index contributed by atoms with van der Waals surface area (Å²) in [5.74, 6) is 0. The molecule has 0 N–H and O–H groups in total. The minimum atomic E-state index is 0.371. The lowest BCUT2D eigenvalue weighted by molar-refractivity contribution is -0.107. The Balaban J connectivity index is 1.45. The molecule has 26 heavy (non-hydrogen) atoms. The number of piperazine rings is 1. The Labute approximate surface area is 162 Å². The topological polar surface area (TPSA) is 24.9 Å². The van der Waals surface area contributed by atoms with E-state index >= 15 is 0 Å². The highest BCUT2D eigenvalue weighted by molar-refractivity contribution is 4.82. The summed E-state index contributed by atoms with van der Waals surface area (Å²) in [7, 11) is 0. The predicted octanol–water partition coefficient (Wildman–Crippen LogP) is 4.04. The van der Waals surface area contributed by atoms with E-state index in [4.69, 9.17) is 9.47 Å². The van der Waals surface area contributed by atoms with Crippen LogP contribution in [0, 0.1) is 10.8 Å². The minimum absolute atomic E-state index is 0.371. The van der Waals surface area contributed by atoms with Crippen molar-refractivity contribution in [2.45, 2.75) is 79.4 Å². The Morgan fingerprint density at radius 3 is 1.62 bits per heavy atom. The highest BCUT2D eigenvalue weighted by Gasteiger charge is 2.31. The molecule has 0 aromatic carbocycles. The van der Waals surface area contributed by atoms with Crippen molar-refractivity contribution in [1.29, 1.82) is 0 Å². The zero-order valence-corrected chi connectivity index (χ0v) is 18.4. The summed E-state index contributed by atoms with van der Waals surface area (Å²) in [5, 5.41) is 0. The third-order valence-electron chi connectivity index (χ3n) is 5.66. The summed E-state index contributed by atoms with van der Waals surface area (Å²) in [6.45, 7) is 22.7. The first-order valence-electron chi connectivity index (χ1n) is 10.8. The quantitative estimate of drug-likeness (QED) is 0.613. The molecule has 1 aliphatic heterocycles. The first kappa shape index (κ1) is 22.1. The minimum Gasteiger partial charge on any atom is -0.378 e. The zero-order chi connectivity index (χ0) is 19.2. The number of ether oxygens (including phenoxy) is 2. The van der Waals surface area contributed by atoms with E-state index in [1.807, 2.05) is 0 Å². The summed E-state index contributed by atoms with van der Waals surface area (Å²) in [6.07, 6.45) is 5.47. The van der Waals surface area contributed by atoms with Crippen molar-refractivity contribution < 1.29 is 9.47 Å². The molecule has 4 nitrogen and oxygen atoms in total. The average Bonchev–Trinajstić information content (AvgIpc) is 2.49. The van der Waals surface area contributed by atoms with Crippen LogP contribution in [0.25, 0.3) is 0 Å². The van der Waals surface area contributed by atoms with E-state index in [0.717, 1.165) is 39.0 Å². The number of rotatable bonds is 9. The van der Waals surface area contributed by atoms with Gasteiger partial charge in [0.15, 0.2) is 0 Å². The Bertz CT molecular complexity index is 386. The summed E-state index contributed by atoms with van der Waals surface area (Å²) < 4.78 is 12.0. The van der Waals surface area contributed by atoms with Crippen molar-refractivity contribution in [1.82, 2.24) is 9.80 Å². The van der Waals surface area contributed by atoms with Crippen LogP contribution >= 0.6 is 0 Å². The van der Waals surface area contributed by atoms with E-state index in [9.17, 15) is 0 Å². The lowest BCUT2D eigenvalue weighted by Crippen LogP contribution is -2.48. The molecule has 2 rings (SSSR count). The molecule has 2 aliphatic rings. The van der Waals surface area contributed by atoms with Gasteiger partial charge in [0, 0.05) is 39.3 Å². The molecule has 0 aromatic rings. The van der Waals surface area contributed by atoms with E-state index in [1.165, 1.54) is 39.1 Å². The van der Waals surface area contributed by atoms with Crippen LogP contribution in [0.2, 0.25) is 0 Å². The number of nitrogens with zero attached hydrogens (tertiary/aromatic N) is 2. The van der Waals surface area contributed by atoms with Gasteiger partial charge in [0.1, 0.15) is 0 Å². The first-order valence-corrected chi connectivity index (χ1v) is 10.8. The van der Waals surface area contributed by atoms with E-state index < -0.39 is 0 Å².